The molecule has 1 aliphatic rings. The second-order valence-electron chi connectivity index (χ2n) is 4.83. The van der Waals surface area contributed by atoms with E-state index in [1.54, 1.807) is 17.6 Å². The fraction of sp³-hybridized carbons (Fsp3) is 0.286. The Morgan fingerprint density at radius 3 is 2.14 bits per heavy atom. The van der Waals surface area contributed by atoms with Crippen LogP contribution in [0.15, 0.2) is 35.8 Å². The van der Waals surface area contributed by atoms with Crippen LogP contribution < -0.4 is 0 Å². The molecule has 110 valence electrons. The van der Waals surface area contributed by atoms with Crippen LogP contribution in [0.2, 0.25) is 0 Å². The molecule has 0 radical (unpaired) electrons. The molecular formula is C14H18KO4PS. The van der Waals surface area contributed by atoms with Gasteiger partial charge >= 0.3 is 59.2 Å². The molecule has 1 atom stereocenters. The molecule has 0 fully saturated rings. The molecule has 1 aromatic carbocycles. The average Bonchev–Trinajstić information content (AvgIpc) is 2.25. The van der Waals surface area contributed by atoms with Crippen molar-refractivity contribution in [2.45, 2.75) is 25.7 Å². The number of hydrogen-bond acceptors (Lipinski definition) is 3. The fourth-order valence-electron chi connectivity index (χ4n) is 2.55. The Labute approximate surface area is 171 Å². The molecular weight excluding hydrogens is 334 g/mol. The Kier molecular flexibility index (Phi) is 7.16. The molecule has 0 aromatic heterocycles. The monoisotopic (exact) mass is 352 g/mol. The van der Waals surface area contributed by atoms with E-state index in [9.17, 15) is 14.4 Å². The summed E-state index contributed by atoms with van der Waals surface area (Å²) in [6.07, 6.45) is 5.23. The average molecular weight is 352 g/mol. The Bertz CT molecular complexity index is 615. The van der Waals surface area contributed by atoms with Crippen molar-refractivity contribution in [3.63, 3.8) is 0 Å². The fourth-order valence-corrected chi connectivity index (χ4v) is 4.49. The van der Waals surface area contributed by atoms with Crippen LogP contribution in [-0.2, 0) is 14.0 Å². The molecule has 0 spiro atoms. The summed E-state index contributed by atoms with van der Waals surface area (Å²) in [5, 5.41) is 1.77. The molecule has 4 nitrogen and oxygen atoms in total. The topological polar surface area (TPSA) is 66.8 Å². The van der Waals surface area contributed by atoms with Crippen LogP contribution >= 0.6 is 19.6 Å². The summed E-state index contributed by atoms with van der Waals surface area (Å²) in [5.41, 5.74) is 3.79. The van der Waals surface area contributed by atoms with Crippen molar-refractivity contribution in [3.8, 4) is 0 Å². The molecule has 1 unspecified atom stereocenters. The van der Waals surface area contributed by atoms with Crippen molar-refractivity contribution in [2.24, 2.45) is 0 Å². The van der Waals surface area contributed by atoms with Crippen LogP contribution in [0.3, 0.4) is 0 Å². The Balaban J connectivity index is 0.00000220. The van der Waals surface area contributed by atoms with Gasteiger partial charge in [0.25, 0.3) is 0 Å². The third-order valence-corrected chi connectivity index (χ3v) is 4.74. The minimum atomic E-state index is -4.62. The van der Waals surface area contributed by atoms with Gasteiger partial charge in [-0.3, -0.25) is 4.52 Å². The van der Waals surface area contributed by atoms with Gasteiger partial charge in [-0.2, -0.15) is 0 Å². The van der Waals surface area contributed by atoms with E-state index in [0.29, 0.717) is 0 Å². The standard InChI is InChI=1S/C14H17O4PS.K.H/c1-10-8-11(2)13(12(3)9-10)14(18-19(15,16)17)6-4-5-7-20-14;;/h4-9H,1-3H3,(H2,15,16,17);;. The summed E-state index contributed by atoms with van der Waals surface area (Å²) >= 11 is 1.24. The Morgan fingerprint density at radius 2 is 1.71 bits per heavy atom. The number of benzene rings is 1. The van der Waals surface area contributed by atoms with Gasteiger partial charge < -0.3 is 9.79 Å². The first-order valence-electron chi connectivity index (χ1n) is 6.10. The predicted octanol–water partition coefficient (Wildman–Crippen LogP) is 3.04. The minimum absolute atomic E-state index is 0. The zero-order valence-electron chi connectivity index (χ0n) is 11.5. The van der Waals surface area contributed by atoms with Gasteiger partial charge in [0.05, 0.1) is 0 Å². The van der Waals surface area contributed by atoms with Gasteiger partial charge in [-0.05, 0) is 43.4 Å². The van der Waals surface area contributed by atoms with Crippen molar-refractivity contribution >= 4 is 71.0 Å². The van der Waals surface area contributed by atoms with Crippen LogP contribution in [0, 0.1) is 20.8 Å². The van der Waals surface area contributed by atoms with Crippen LogP contribution in [0.4, 0.5) is 0 Å². The van der Waals surface area contributed by atoms with Crippen LogP contribution in [-0.4, -0.2) is 61.2 Å². The first kappa shape index (κ1) is 19.8. The molecule has 0 saturated heterocycles. The first-order chi connectivity index (χ1) is 9.23. The van der Waals surface area contributed by atoms with Crippen molar-refractivity contribution < 1.29 is 18.9 Å². The molecule has 1 heterocycles. The van der Waals surface area contributed by atoms with E-state index in [4.69, 9.17) is 4.52 Å². The SMILES string of the molecule is Cc1cc(C)c(C2(OP(=O)(O)O)C=CC=CS2)c(C)c1.[KH]. The second kappa shape index (κ2) is 7.58. The van der Waals surface area contributed by atoms with Crippen molar-refractivity contribution in [3.05, 3.63) is 58.0 Å². The van der Waals surface area contributed by atoms with Crippen molar-refractivity contribution in [1.82, 2.24) is 0 Å². The summed E-state index contributed by atoms with van der Waals surface area (Å²) < 4.78 is 16.5. The molecule has 2 rings (SSSR count). The molecule has 2 N–H and O–H groups in total. The van der Waals surface area contributed by atoms with Crippen molar-refractivity contribution in [2.75, 3.05) is 0 Å². The number of phosphoric ester groups is 1. The summed E-state index contributed by atoms with van der Waals surface area (Å²) in [6, 6.07) is 3.97. The van der Waals surface area contributed by atoms with E-state index >= 15 is 0 Å². The van der Waals surface area contributed by atoms with Gasteiger partial charge in [0.2, 0.25) is 0 Å². The summed E-state index contributed by atoms with van der Waals surface area (Å²) in [4.78, 5) is 17.3. The first-order valence-corrected chi connectivity index (χ1v) is 8.51. The van der Waals surface area contributed by atoms with Gasteiger partial charge in [-0.25, -0.2) is 4.57 Å². The number of hydrogen-bond donors (Lipinski definition) is 2. The summed E-state index contributed by atoms with van der Waals surface area (Å²) in [5.74, 6) is 0. The van der Waals surface area contributed by atoms with Gasteiger partial charge in [-0.15, -0.1) is 0 Å². The van der Waals surface area contributed by atoms with Gasteiger partial charge in [0.15, 0.2) is 4.93 Å². The number of allylic oxidation sites excluding steroid dienone is 2. The maximum atomic E-state index is 11.4. The molecule has 7 heteroatoms. The maximum absolute atomic E-state index is 11.4. The van der Waals surface area contributed by atoms with E-state index in [2.05, 4.69) is 0 Å². The Morgan fingerprint density at radius 1 is 1.14 bits per heavy atom. The van der Waals surface area contributed by atoms with E-state index in [1.807, 2.05) is 39.0 Å². The molecule has 0 saturated carbocycles. The van der Waals surface area contributed by atoms with E-state index in [1.165, 1.54) is 11.8 Å². The van der Waals surface area contributed by atoms with Crippen LogP contribution in [0.5, 0.6) is 0 Å². The number of phosphoric acid groups is 1. The molecule has 0 aliphatic carbocycles. The van der Waals surface area contributed by atoms with Crippen LogP contribution in [0.25, 0.3) is 0 Å². The van der Waals surface area contributed by atoms with Gasteiger partial charge in [-0.1, -0.05) is 41.6 Å². The summed E-state index contributed by atoms with van der Waals surface area (Å²) in [7, 11) is -4.62. The normalized spacial score (nSPS) is 21.2. The predicted molar refractivity (Wildman–Crippen MR) is 88.5 cm³/mol. The number of rotatable bonds is 3. The quantitative estimate of drug-likeness (QED) is 0.646. The molecule has 1 aliphatic heterocycles. The van der Waals surface area contributed by atoms with Crippen LogP contribution in [0.1, 0.15) is 22.3 Å². The van der Waals surface area contributed by atoms with Gasteiger partial charge in [0, 0.05) is 5.56 Å². The zero-order chi connectivity index (χ0) is 15.0. The molecule has 21 heavy (non-hydrogen) atoms. The van der Waals surface area contributed by atoms with E-state index < -0.39 is 12.8 Å². The number of thioether (sulfide) groups is 1. The zero-order valence-corrected chi connectivity index (χ0v) is 13.2. The summed E-state index contributed by atoms with van der Waals surface area (Å²) in [6.45, 7) is 5.84. The molecule has 0 amide bonds. The molecule has 0 bridgehead atoms. The third kappa shape index (κ3) is 4.88. The third-order valence-electron chi connectivity index (χ3n) is 3.03. The van der Waals surface area contributed by atoms with E-state index in [0.717, 1.165) is 22.3 Å². The Hall–Kier alpha value is 0.796. The number of aryl methyl sites for hydroxylation is 3. The second-order valence-corrected chi connectivity index (χ2v) is 7.11. The van der Waals surface area contributed by atoms with Gasteiger partial charge in [0.1, 0.15) is 0 Å². The van der Waals surface area contributed by atoms with E-state index in [-0.39, 0.29) is 51.4 Å². The van der Waals surface area contributed by atoms with Crippen molar-refractivity contribution in [1.29, 1.82) is 0 Å². The molecule has 1 aromatic rings.